The minimum atomic E-state index is -0.526. The highest BCUT2D eigenvalue weighted by atomic mass is 16.5. The molecule has 0 saturated carbocycles. The smallest absolute Gasteiger partial charge is 0.286 e. The molecular weight excluding hydrogens is 388 g/mol. The van der Waals surface area contributed by atoms with Crippen molar-refractivity contribution in [2.45, 2.75) is 12.5 Å². The molecule has 1 aromatic carbocycles. The van der Waals surface area contributed by atoms with Gasteiger partial charge in [-0.2, -0.15) is 0 Å². The summed E-state index contributed by atoms with van der Waals surface area (Å²) in [6.45, 7) is 0.167. The van der Waals surface area contributed by atoms with Gasteiger partial charge in [-0.05, 0) is 29.8 Å². The predicted octanol–water partition coefficient (Wildman–Crippen LogP) is 2.06. The first-order valence-corrected chi connectivity index (χ1v) is 9.33. The van der Waals surface area contributed by atoms with Gasteiger partial charge in [-0.15, -0.1) is 0 Å². The molecule has 0 fully saturated rings. The molecule has 2 aromatic heterocycles. The van der Waals surface area contributed by atoms with Crippen molar-refractivity contribution in [1.29, 1.82) is 0 Å². The normalized spacial score (nSPS) is 11.6. The van der Waals surface area contributed by atoms with Crippen molar-refractivity contribution in [1.82, 2.24) is 20.2 Å². The molecule has 2 heterocycles. The molecule has 2 N–H and O–H groups in total. The molecule has 1 unspecified atom stereocenters. The van der Waals surface area contributed by atoms with Crippen molar-refractivity contribution in [3.05, 3.63) is 66.1 Å². The van der Waals surface area contributed by atoms with Crippen LogP contribution in [0.2, 0.25) is 0 Å². The topological polar surface area (TPSA) is 108 Å². The molecule has 158 valence electrons. The second-order valence-corrected chi connectivity index (χ2v) is 6.53. The number of methoxy groups -OCH3 is 2. The number of ether oxygens (including phenoxy) is 2. The summed E-state index contributed by atoms with van der Waals surface area (Å²) < 4.78 is 17.6. The van der Waals surface area contributed by atoms with E-state index >= 15 is 0 Å². The van der Waals surface area contributed by atoms with Crippen molar-refractivity contribution in [3.8, 4) is 11.5 Å². The third-order valence-corrected chi connectivity index (χ3v) is 4.51. The minimum absolute atomic E-state index is 0.0917. The molecule has 0 aliphatic heterocycles. The van der Waals surface area contributed by atoms with Gasteiger partial charge in [-0.3, -0.25) is 9.59 Å². The van der Waals surface area contributed by atoms with Crippen LogP contribution in [0.1, 0.15) is 34.4 Å². The van der Waals surface area contributed by atoms with Crippen molar-refractivity contribution in [2.75, 3.05) is 20.8 Å². The van der Waals surface area contributed by atoms with Gasteiger partial charge in [0.1, 0.15) is 23.4 Å². The summed E-state index contributed by atoms with van der Waals surface area (Å²) in [5.41, 5.74) is 0.758. The molecule has 0 aliphatic carbocycles. The van der Waals surface area contributed by atoms with Crippen LogP contribution in [0.5, 0.6) is 11.5 Å². The maximum atomic E-state index is 12.6. The van der Waals surface area contributed by atoms with Crippen molar-refractivity contribution in [3.63, 3.8) is 0 Å². The summed E-state index contributed by atoms with van der Waals surface area (Å²) in [6.07, 6.45) is 4.97. The molecule has 0 saturated heterocycles. The standard InChI is InChI=1S/C21H24N4O5/c1-25-9-8-22-20(25)19(14-11-15(28-2)13-16(12-14)29-3)24-18(26)6-7-23-21(27)17-5-4-10-30-17/h4-5,8-13,19H,6-7H2,1-3H3,(H,23,27)(H,24,26). The van der Waals surface area contributed by atoms with Gasteiger partial charge in [0.2, 0.25) is 5.91 Å². The second-order valence-electron chi connectivity index (χ2n) is 6.53. The van der Waals surface area contributed by atoms with Gasteiger partial charge < -0.3 is 29.1 Å². The molecule has 9 heteroatoms. The number of imidazole rings is 1. The number of carbonyl (C=O) groups excluding carboxylic acids is 2. The highest BCUT2D eigenvalue weighted by Gasteiger charge is 2.22. The first-order chi connectivity index (χ1) is 14.5. The van der Waals surface area contributed by atoms with E-state index in [9.17, 15) is 9.59 Å². The first kappa shape index (κ1) is 21.0. The number of carbonyl (C=O) groups is 2. The number of amides is 2. The molecular formula is C21H24N4O5. The van der Waals surface area contributed by atoms with Crippen molar-refractivity contribution in [2.24, 2.45) is 7.05 Å². The largest absolute Gasteiger partial charge is 0.497 e. The lowest BCUT2D eigenvalue weighted by molar-refractivity contribution is -0.121. The van der Waals surface area contributed by atoms with E-state index in [1.54, 1.807) is 44.8 Å². The Labute approximate surface area is 174 Å². The van der Waals surface area contributed by atoms with Crippen LogP contribution in [0.4, 0.5) is 0 Å². The Kier molecular flexibility index (Phi) is 6.74. The number of nitrogens with one attached hydrogen (secondary N) is 2. The lowest BCUT2D eigenvalue weighted by Crippen LogP contribution is -2.34. The van der Waals surface area contributed by atoms with E-state index in [1.807, 2.05) is 23.7 Å². The number of hydrogen-bond acceptors (Lipinski definition) is 6. The summed E-state index contributed by atoms with van der Waals surface area (Å²) in [5, 5.41) is 5.64. The number of nitrogens with zero attached hydrogens (tertiary/aromatic N) is 2. The molecule has 0 bridgehead atoms. The summed E-state index contributed by atoms with van der Waals surface area (Å²) in [5.74, 6) is 1.44. The van der Waals surface area contributed by atoms with E-state index < -0.39 is 6.04 Å². The Bertz CT molecular complexity index is 975. The molecule has 3 rings (SSSR count). The van der Waals surface area contributed by atoms with E-state index in [1.165, 1.54) is 6.26 Å². The van der Waals surface area contributed by atoms with Crippen LogP contribution < -0.4 is 20.1 Å². The fourth-order valence-electron chi connectivity index (χ4n) is 2.97. The van der Waals surface area contributed by atoms with E-state index in [4.69, 9.17) is 13.9 Å². The van der Waals surface area contributed by atoms with E-state index in [-0.39, 0.29) is 30.5 Å². The summed E-state index contributed by atoms with van der Waals surface area (Å²) in [7, 11) is 4.98. The lowest BCUT2D eigenvalue weighted by atomic mass is 10.0. The third-order valence-electron chi connectivity index (χ3n) is 4.51. The molecule has 9 nitrogen and oxygen atoms in total. The predicted molar refractivity (Wildman–Crippen MR) is 108 cm³/mol. The van der Waals surface area contributed by atoms with Crippen LogP contribution in [0, 0.1) is 0 Å². The van der Waals surface area contributed by atoms with E-state index in [0.29, 0.717) is 17.3 Å². The molecule has 0 radical (unpaired) electrons. The number of furan rings is 1. The molecule has 1 atom stereocenters. The minimum Gasteiger partial charge on any atom is -0.497 e. The Morgan fingerprint density at radius 2 is 1.93 bits per heavy atom. The first-order valence-electron chi connectivity index (χ1n) is 9.33. The number of benzene rings is 1. The fourth-order valence-corrected chi connectivity index (χ4v) is 2.97. The summed E-state index contributed by atoms with van der Waals surface area (Å²) >= 11 is 0. The Hall–Kier alpha value is -3.75. The van der Waals surface area contributed by atoms with Gasteiger partial charge in [-0.1, -0.05) is 0 Å². The third kappa shape index (κ3) is 4.99. The van der Waals surface area contributed by atoms with Crippen LogP contribution in [0.3, 0.4) is 0 Å². The molecule has 2 amide bonds. The van der Waals surface area contributed by atoms with Gasteiger partial charge in [0.15, 0.2) is 5.76 Å². The lowest BCUT2D eigenvalue weighted by Gasteiger charge is -2.20. The maximum absolute atomic E-state index is 12.6. The van der Waals surface area contributed by atoms with Crippen LogP contribution in [0.25, 0.3) is 0 Å². The van der Waals surface area contributed by atoms with Crippen LogP contribution in [0.15, 0.2) is 53.4 Å². The SMILES string of the molecule is COc1cc(OC)cc(C(NC(=O)CCNC(=O)c2ccco2)c2nccn2C)c1. The maximum Gasteiger partial charge on any atom is 0.286 e. The van der Waals surface area contributed by atoms with Gasteiger partial charge in [0.25, 0.3) is 5.91 Å². The van der Waals surface area contributed by atoms with Crippen LogP contribution in [-0.2, 0) is 11.8 Å². The van der Waals surface area contributed by atoms with Gasteiger partial charge in [0.05, 0.1) is 20.5 Å². The Morgan fingerprint density at radius 3 is 2.50 bits per heavy atom. The fraction of sp³-hybridized carbons (Fsp3) is 0.286. The van der Waals surface area contributed by atoms with Crippen molar-refractivity contribution < 1.29 is 23.5 Å². The van der Waals surface area contributed by atoms with Gasteiger partial charge >= 0.3 is 0 Å². The number of rotatable bonds is 9. The van der Waals surface area contributed by atoms with E-state index in [0.717, 1.165) is 5.56 Å². The van der Waals surface area contributed by atoms with Crippen LogP contribution >= 0.6 is 0 Å². The number of hydrogen-bond donors (Lipinski definition) is 2. The van der Waals surface area contributed by atoms with Crippen molar-refractivity contribution >= 4 is 11.8 Å². The van der Waals surface area contributed by atoms with Gasteiger partial charge in [-0.25, -0.2) is 4.98 Å². The summed E-state index contributed by atoms with van der Waals surface area (Å²) in [6, 6.07) is 8.05. The molecule has 30 heavy (non-hydrogen) atoms. The summed E-state index contributed by atoms with van der Waals surface area (Å²) in [4.78, 5) is 28.9. The molecule has 3 aromatic rings. The highest BCUT2D eigenvalue weighted by molar-refractivity contribution is 5.91. The van der Waals surface area contributed by atoms with E-state index in [2.05, 4.69) is 15.6 Å². The zero-order valence-electron chi connectivity index (χ0n) is 17.0. The zero-order chi connectivity index (χ0) is 21.5. The second kappa shape index (κ2) is 9.64. The monoisotopic (exact) mass is 412 g/mol. The van der Waals surface area contributed by atoms with Gasteiger partial charge in [0, 0.05) is 38.5 Å². The highest BCUT2D eigenvalue weighted by Crippen LogP contribution is 2.29. The molecule has 0 aliphatic rings. The quantitative estimate of drug-likeness (QED) is 0.557. The Morgan fingerprint density at radius 1 is 1.20 bits per heavy atom. The average Bonchev–Trinajstić information content (AvgIpc) is 3.43. The average molecular weight is 412 g/mol. The zero-order valence-corrected chi connectivity index (χ0v) is 17.0. The molecule has 0 spiro atoms. The van der Waals surface area contributed by atoms with Crippen LogP contribution in [-0.4, -0.2) is 42.1 Å². The number of aryl methyl sites for hydroxylation is 1. The number of aromatic nitrogens is 2. The Balaban J connectivity index is 1.73.